The van der Waals surface area contributed by atoms with Crippen LogP contribution in [0.2, 0.25) is 0 Å². The Labute approximate surface area is 173 Å². The molecule has 0 spiro atoms. The number of nitrogens with one attached hydrogen (secondary N) is 1. The van der Waals surface area contributed by atoms with E-state index in [2.05, 4.69) is 5.32 Å². The van der Waals surface area contributed by atoms with Crippen molar-refractivity contribution in [1.82, 2.24) is 9.62 Å². The summed E-state index contributed by atoms with van der Waals surface area (Å²) in [5, 5.41) is 2.73. The summed E-state index contributed by atoms with van der Waals surface area (Å²) in [6, 6.07) is 12.0. The van der Waals surface area contributed by atoms with Gasteiger partial charge in [0.2, 0.25) is 15.9 Å². The lowest BCUT2D eigenvalue weighted by Gasteiger charge is -2.33. The maximum absolute atomic E-state index is 13.0. The van der Waals surface area contributed by atoms with Gasteiger partial charge in [-0.25, -0.2) is 8.42 Å². The largest absolute Gasteiger partial charge is 0.416 e. The van der Waals surface area contributed by atoms with Gasteiger partial charge in [0.1, 0.15) is 6.04 Å². The number of benzene rings is 2. The number of rotatable bonds is 6. The number of halogens is 3. The smallest absolute Gasteiger partial charge is 0.354 e. The number of piperidine rings is 1. The molecule has 1 fully saturated rings. The molecule has 0 aliphatic carbocycles. The summed E-state index contributed by atoms with van der Waals surface area (Å²) in [4.78, 5) is 12.8. The molecule has 2 aromatic carbocycles. The highest BCUT2D eigenvalue weighted by Crippen LogP contribution is 2.29. The van der Waals surface area contributed by atoms with Gasteiger partial charge in [-0.3, -0.25) is 4.79 Å². The van der Waals surface area contributed by atoms with Crippen LogP contribution in [0.25, 0.3) is 0 Å². The summed E-state index contributed by atoms with van der Waals surface area (Å²) in [6.45, 7) is 0.480. The molecule has 0 unspecified atom stereocenters. The Bertz CT molecular complexity index is 961. The van der Waals surface area contributed by atoms with Crippen molar-refractivity contribution in [3.8, 4) is 0 Å². The van der Waals surface area contributed by atoms with Crippen molar-refractivity contribution in [2.24, 2.45) is 0 Å². The third-order valence-electron chi connectivity index (χ3n) is 5.10. The van der Waals surface area contributed by atoms with E-state index < -0.39 is 27.8 Å². The van der Waals surface area contributed by atoms with Crippen LogP contribution in [-0.4, -0.2) is 37.8 Å². The first kappa shape index (κ1) is 22.3. The summed E-state index contributed by atoms with van der Waals surface area (Å²) in [5.41, 5.74) is -0.0695. The number of nitrogens with zero attached hydrogens (tertiary/aromatic N) is 1. The first-order valence-corrected chi connectivity index (χ1v) is 11.1. The summed E-state index contributed by atoms with van der Waals surface area (Å²) in [7, 11) is -3.79. The summed E-state index contributed by atoms with van der Waals surface area (Å²) < 4.78 is 65.1. The minimum Gasteiger partial charge on any atom is -0.354 e. The van der Waals surface area contributed by atoms with E-state index in [9.17, 15) is 26.4 Å². The van der Waals surface area contributed by atoms with Gasteiger partial charge in [-0.1, -0.05) is 36.8 Å². The van der Waals surface area contributed by atoms with Crippen molar-refractivity contribution in [3.05, 3.63) is 65.7 Å². The van der Waals surface area contributed by atoms with Gasteiger partial charge in [0.05, 0.1) is 10.5 Å². The van der Waals surface area contributed by atoms with Crippen molar-refractivity contribution in [3.63, 3.8) is 0 Å². The Morgan fingerprint density at radius 3 is 2.33 bits per heavy atom. The summed E-state index contributed by atoms with van der Waals surface area (Å²) in [5.74, 6) is -0.388. The number of carbonyl (C=O) groups excluding carboxylic acids is 1. The second-order valence-corrected chi connectivity index (χ2v) is 9.07. The lowest BCUT2D eigenvalue weighted by molar-refractivity contribution is -0.137. The molecular formula is C21H23F3N2O3S. The molecule has 0 radical (unpaired) electrons. The van der Waals surface area contributed by atoms with Crippen LogP contribution >= 0.6 is 0 Å². The molecule has 3 rings (SSSR count). The quantitative estimate of drug-likeness (QED) is 0.746. The molecule has 2 aromatic rings. The van der Waals surface area contributed by atoms with Gasteiger partial charge in [0, 0.05) is 13.1 Å². The predicted octanol–water partition coefficient (Wildman–Crippen LogP) is 3.61. The van der Waals surface area contributed by atoms with Crippen molar-refractivity contribution in [2.45, 2.75) is 42.8 Å². The average molecular weight is 440 g/mol. The molecule has 0 aromatic heterocycles. The van der Waals surface area contributed by atoms with Crippen LogP contribution in [0.15, 0.2) is 59.5 Å². The Morgan fingerprint density at radius 1 is 1.03 bits per heavy atom. The first-order chi connectivity index (χ1) is 14.2. The standard InChI is InChI=1S/C21H23F3N2O3S/c22-21(23,24)17-11-9-16(10-12-17)13-14-25-20(27)19-8-4-5-15-26(19)30(28,29)18-6-2-1-3-7-18/h1-3,6-7,9-12,19H,4-5,8,13-15H2,(H,25,27)/t19-/m1/s1. The fraction of sp³-hybridized carbons (Fsp3) is 0.381. The zero-order valence-electron chi connectivity index (χ0n) is 16.2. The van der Waals surface area contributed by atoms with Gasteiger partial charge in [0.15, 0.2) is 0 Å². The Balaban J connectivity index is 1.62. The molecule has 162 valence electrons. The van der Waals surface area contributed by atoms with Gasteiger partial charge < -0.3 is 5.32 Å². The second-order valence-electron chi connectivity index (χ2n) is 7.18. The fourth-order valence-corrected chi connectivity index (χ4v) is 5.17. The zero-order valence-corrected chi connectivity index (χ0v) is 17.0. The second kappa shape index (κ2) is 9.18. The van der Waals surface area contributed by atoms with Gasteiger partial charge in [0.25, 0.3) is 0 Å². The molecule has 30 heavy (non-hydrogen) atoms. The van der Waals surface area contributed by atoms with Crippen molar-refractivity contribution in [2.75, 3.05) is 13.1 Å². The van der Waals surface area contributed by atoms with Crippen LogP contribution in [0.5, 0.6) is 0 Å². The number of sulfonamides is 1. The molecule has 9 heteroatoms. The molecule has 1 atom stereocenters. The normalized spacial score (nSPS) is 18.2. The number of carbonyl (C=O) groups is 1. The van der Waals surface area contributed by atoms with Crippen LogP contribution in [0.1, 0.15) is 30.4 Å². The number of alkyl halides is 3. The highest BCUT2D eigenvalue weighted by molar-refractivity contribution is 7.89. The molecule has 1 N–H and O–H groups in total. The molecule has 0 saturated carbocycles. The molecule has 1 amide bonds. The number of hydrogen-bond donors (Lipinski definition) is 1. The van der Waals surface area contributed by atoms with E-state index in [0.29, 0.717) is 24.8 Å². The maximum Gasteiger partial charge on any atom is 0.416 e. The van der Waals surface area contributed by atoms with E-state index >= 15 is 0 Å². The predicted molar refractivity (Wildman–Crippen MR) is 106 cm³/mol. The minimum atomic E-state index is -4.39. The van der Waals surface area contributed by atoms with E-state index in [-0.39, 0.29) is 23.9 Å². The highest BCUT2D eigenvalue weighted by atomic mass is 32.2. The molecule has 1 heterocycles. The van der Waals surface area contributed by atoms with Crippen LogP contribution in [0.3, 0.4) is 0 Å². The highest BCUT2D eigenvalue weighted by Gasteiger charge is 2.37. The van der Waals surface area contributed by atoms with Gasteiger partial charge in [-0.15, -0.1) is 0 Å². The lowest BCUT2D eigenvalue weighted by atomic mass is 10.0. The van der Waals surface area contributed by atoms with E-state index in [1.54, 1.807) is 18.2 Å². The van der Waals surface area contributed by atoms with E-state index in [4.69, 9.17) is 0 Å². The topological polar surface area (TPSA) is 66.5 Å². The van der Waals surface area contributed by atoms with E-state index in [1.165, 1.54) is 28.6 Å². The average Bonchev–Trinajstić information content (AvgIpc) is 2.74. The van der Waals surface area contributed by atoms with Crippen LogP contribution in [0.4, 0.5) is 13.2 Å². The summed E-state index contributed by atoms with van der Waals surface area (Å²) >= 11 is 0. The third kappa shape index (κ3) is 5.20. The van der Waals surface area contributed by atoms with Gasteiger partial charge in [-0.05, 0) is 49.1 Å². The van der Waals surface area contributed by atoms with Gasteiger partial charge >= 0.3 is 6.18 Å². The fourth-order valence-electron chi connectivity index (χ4n) is 3.49. The zero-order chi connectivity index (χ0) is 21.8. The molecule has 1 saturated heterocycles. The van der Waals surface area contributed by atoms with Crippen LogP contribution in [-0.2, 0) is 27.4 Å². The molecule has 5 nitrogen and oxygen atoms in total. The van der Waals surface area contributed by atoms with E-state index in [0.717, 1.165) is 18.6 Å². The number of amides is 1. The minimum absolute atomic E-state index is 0.148. The van der Waals surface area contributed by atoms with Crippen molar-refractivity contribution >= 4 is 15.9 Å². The van der Waals surface area contributed by atoms with Crippen molar-refractivity contribution in [1.29, 1.82) is 0 Å². The maximum atomic E-state index is 13.0. The lowest BCUT2D eigenvalue weighted by Crippen LogP contribution is -2.52. The summed E-state index contributed by atoms with van der Waals surface area (Å²) in [6.07, 6.45) is -2.18. The van der Waals surface area contributed by atoms with Gasteiger partial charge in [-0.2, -0.15) is 17.5 Å². The molecule has 1 aliphatic heterocycles. The van der Waals surface area contributed by atoms with E-state index in [1.807, 2.05) is 0 Å². The Morgan fingerprint density at radius 2 is 1.70 bits per heavy atom. The SMILES string of the molecule is O=C(NCCc1ccc(C(F)(F)F)cc1)[C@H]1CCCCN1S(=O)(=O)c1ccccc1. The Kier molecular flexibility index (Phi) is 6.82. The Hall–Kier alpha value is -2.39. The molecule has 0 bridgehead atoms. The van der Waals surface area contributed by atoms with Crippen LogP contribution < -0.4 is 5.32 Å². The monoisotopic (exact) mass is 440 g/mol. The first-order valence-electron chi connectivity index (χ1n) is 9.70. The molecular weight excluding hydrogens is 417 g/mol. The third-order valence-corrected chi connectivity index (χ3v) is 7.02. The molecule has 1 aliphatic rings. The number of hydrogen-bond acceptors (Lipinski definition) is 3. The van der Waals surface area contributed by atoms with Crippen molar-refractivity contribution < 1.29 is 26.4 Å². The van der Waals surface area contributed by atoms with Crippen LogP contribution in [0, 0.1) is 0 Å².